The van der Waals surface area contributed by atoms with Crippen molar-refractivity contribution in [3.8, 4) is 16.9 Å². The molecule has 0 spiro atoms. The molecular weight excluding hydrogens is 361 g/mol. The Labute approximate surface area is 155 Å². The molecule has 0 saturated carbocycles. The predicted octanol–water partition coefficient (Wildman–Crippen LogP) is 3.79. The molecule has 27 heavy (non-hydrogen) atoms. The van der Waals surface area contributed by atoms with Crippen molar-refractivity contribution in [3.63, 3.8) is 0 Å². The van der Waals surface area contributed by atoms with Crippen LogP contribution in [0.15, 0.2) is 30.5 Å². The molecule has 0 N–H and O–H groups in total. The highest BCUT2D eigenvalue weighted by atomic mass is 19.3. The topological polar surface area (TPSA) is 51.7 Å². The number of nitrogens with zero attached hydrogens (tertiary/aromatic N) is 2. The molecule has 0 aliphatic rings. The van der Waals surface area contributed by atoms with Crippen LogP contribution in [0, 0.1) is 12.7 Å². The maximum atomic E-state index is 13.6. The molecule has 1 aromatic heterocycles. The standard InChI is InChI=1S/C19H21F3N2O3/c1-12(26-11-25)9-24(3)10-16-6-15(8-23-13(16)2)14-4-5-17(20)18(7-14)27-19(21)22/h4-8,11-12,19H,9-10H2,1-3H3. The molecule has 5 nitrogen and oxygen atoms in total. The van der Waals surface area contributed by atoms with Gasteiger partial charge in [-0.25, -0.2) is 4.39 Å². The molecule has 8 heteroatoms. The number of aryl methyl sites for hydroxylation is 1. The zero-order valence-electron chi connectivity index (χ0n) is 15.3. The lowest BCUT2D eigenvalue weighted by atomic mass is 10.0. The van der Waals surface area contributed by atoms with Gasteiger partial charge in [-0.15, -0.1) is 0 Å². The average molecular weight is 382 g/mol. The molecule has 0 saturated heterocycles. The Hall–Kier alpha value is -2.61. The van der Waals surface area contributed by atoms with Crippen molar-refractivity contribution in [2.45, 2.75) is 33.1 Å². The Morgan fingerprint density at radius 3 is 2.67 bits per heavy atom. The molecule has 1 unspecified atom stereocenters. The second-order valence-electron chi connectivity index (χ2n) is 6.23. The average Bonchev–Trinajstić information content (AvgIpc) is 2.58. The smallest absolute Gasteiger partial charge is 0.387 e. The van der Waals surface area contributed by atoms with Gasteiger partial charge in [0.15, 0.2) is 11.6 Å². The first-order chi connectivity index (χ1) is 12.8. The van der Waals surface area contributed by atoms with Gasteiger partial charge in [-0.05, 0) is 50.2 Å². The van der Waals surface area contributed by atoms with E-state index in [9.17, 15) is 18.0 Å². The summed E-state index contributed by atoms with van der Waals surface area (Å²) in [5.41, 5.74) is 2.89. The van der Waals surface area contributed by atoms with E-state index in [1.807, 2.05) is 24.9 Å². The third kappa shape index (κ3) is 5.96. The number of aromatic nitrogens is 1. The van der Waals surface area contributed by atoms with Gasteiger partial charge >= 0.3 is 6.61 Å². The SMILES string of the molecule is Cc1ncc(-c2ccc(F)c(OC(F)F)c2)cc1CN(C)CC(C)OC=O. The molecule has 1 aromatic carbocycles. The fourth-order valence-electron chi connectivity index (χ4n) is 2.70. The minimum absolute atomic E-state index is 0.255. The number of benzene rings is 1. The maximum Gasteiger partial charge on any atom is 0.387 e. The fraction of sp³-hybridized carbons (Fsp3) is 0.368. The molecule has 2 aromatic rings. The molecule has 2 rings (SSSR count). The second kappa shape index (κ2) is 9.36. The Morgan fingerprint density at radius 1 is 1.26 bits per heavy atom. The van der Waals surface area contributed by atoms with Crippen LogP contribution in [0.25, 0.3) is 11.1 Å². The van der Waals surface area contributed by atoms with Crippen molar-refractivity contribution in [1.29, 1.82) is 0 Å². The molecule has 0 aliphatic carbocycles. The molecular formula is C19H21F3N2O3. The van der Waals surface area contributed by atoms with E-state index in [0.717, 1.165) is 17.3 Å². The first-order valence-corrected chi connectivity index (χ1v) is 8.28. The van der Waals surface area contributed by atoms with E-state index >= 15 is 0 Å². The van der Waals surface area contributed by atoms with Gasteiger partial charge in [0.05, 0.1) is 0 Å². The maximum absolute atomic E-state index is 13.6. The highest BCUT2D eigenvalue weighted by molar-refractivity contribution is 5.65. The lowest BCUT2D eigenvalue weighted by Crippen LogP contribution is -2.29. The number of hydrogen-bond donors (Lipinski definition) is 0. The van der Waals surface area contributed by atoms with Gasteiger partial charge in [-0.3, -0.25) is 14.7 Å². The zero-order chi connectivity index (χ0) is 20.0. The van der Waals surface area contributed by atoms with E-state index in [1.165, 1.54) is 12.1 Å². The van der Waals surface area contributed by atoms with Crippen LogP contribution in [-0.4, -0.2) is 42.7 Å². The first kappa shape index (κ1) is 20.7. The summed E-state index contributed by atoms with van der Waals surface area (Å²) in [5.74, 6) is -1.37. The number of carbonyl (C=O) groups excluding carboxylic acids is 1. The Balaban J connectivity index is 2.23. The molecule has 0 fully saturated rings. The quantitative estimate of drug-likeness (QED) is 0.618. The minimum Gasteiger partial charge on any atom is -0.464 e. The number of alkyl halides is 2. The Kier molecular flexibility index (Phi) is 7.18. The summed E-state index contributed by atoms with van der Waals surface area (Å²) in [6, 6.07) is 5.65. The van der Waals surface area contributed by atoms with Crippen molar-refractivity contribution < 1.29 is 27.4 Å². The van der Waals surface area contributed by atoms with Crippen LogP contribution in [0.2, 0.25) is 0 Å². The molecule has 1 heterocycles. The summed E-state index contributed by atoms with van der Waals surface area (Å²) in [6.45, 7) is 2.03. The van der Waals surface area contributed by atoms with E-state index < -0.39 is 18.2 Å². The van der Waals surface area contributed by atoms with E-state index in [2.05, 4.69) is 9.72 Å². The van der Waals surface area contributed by atoms with Gasteiger partial charge in [0.1, 0.15) is 6.10 Å². The lowest BCUT2D eigenvalue weighted by molar-refractivity contribution is -0.133. The number of ether oxygens (including phenoxy) is 2. The van der Waals surface area contributed by atoms with Crippen molar-refractivity contribution in [2.24, 2.45) is 0 Å². The minimum atomic E-state index is -3.11. The van der Waals surface area contributed by atoms with Crippen LogP contribution >= 0.6 is 0 Å². The number of halogens is 3. The molecule has 0 aliphatic heterocycles. The van der Waals surface area contributed by atoms with Crippen molar-refractivity contribution in [1.82, 2.24) is 9.88 Å². The Bertz CT molecular complexity index is 787. The van der Waals surface area contributed by atoms with Crippen LogP contribution in [0.5, 0.6) is 5.75 Å². The second-order valence-corrected chi connectivity index (χ2v) is 6.23. The van der Waals surface area contributed by atoms with Gasteiger partial charge in [-0.1, -0.05) is 6.07 Å². The molecule has 0 radical (unpaired) electrons. The highest BCUT2D eigenvalue weighted by Gasteiger charge is 2.14. The summed E-state index contributed by atoms with van der Waals surface area (Å²) in [5, 5.41) is 0. The van der Waals surface area contributed by atoms with Crippen LogP contribution < -0.4 is 4.74 Å². The molecule has 146 valence electrons. The van der Waals surface area contributed by atoms with Gasteiger partial charge in [-0.2, -0.15) is 8.78 Å². The van der Waals surface area contributed by atoms with Crippen LogP contribution in [0.3, 0.4) is 0 Å². The van der Waals surface area contributed by atoms with E-state index in [-0.39, 0.29) is 6.10 Å². The number of carbonyl (C=O) groups is 1. The van der Waals surface area contributed by atoms with Crippen LogP contribution in [0.1, 0.15) is 18.2 Å². The lowest BCUT2D eigenvalue weighted by Gasteiger charge is -2.21. The number of rotatable bonds is 9. The first-order valence-electron chi connectivity index (χ1n) is 8.28. The van der Waals surface area contributed by atoms with E-state index in [4.69, 9.17) is 4.74 Å². The van der Waals surface area contributed by atoms with Crippen molar-refractivity contribution in [2.75, 3.05) is 13.6 Å². The Morgan fingerprint density at radius 2 is 2.00 bits per heavy atom. The van der Waals surface area contributed by atoms with Gasteiger partial charge in [0, 0.05) is 30.5 Å². The van der Waals surface area contributed by atoms with Crippen LogP contribution in [-0.2, 0) is 16.1 Å². The van der Waals surface area contributed by atoms with Crippen LogP contribution in [0.4, 0.5) is 13.2 Å². The third-order valence-electron chi connectivity index (χ3n) is 3.97. The highest BCUT2D eigenvalue weighted by Crippen LogP contribution is 2.28. The monoisotopic (exact) mass is 382 g/mol. The normalized spacial score (nSPS) is 12.3. The van der Waals surface area contributed by atoms with E-state index in [0.29, 0.717) is 30.7 Å². The predicted molar refractivity (Wildman–Crippen MR) is 93.9 cm³/mol. The number of hydrogen-bond acceptors (Lipinski definition) is 5. The van der Waals surface area contributed by atoms with E-state index in [1.54, 1.807) is 13.1 Å². The fourth-order valence-corrected chi connectivity index (χ4v) is 2.70. The largest absolute Gasteiger partial charge is 0.464 e. The molecule has 0 amide bonds. The summed E-state index contributed by atoms with van der Waals surface area (Å²) in [4.78, 5) is 16.7. The molecule has 0 bridgehead atoms. The summed E-state index contributed by atoms with van der Waals surface area (Å²) >= 11 is 0. The number of likely N-dealkylation sites (N-methyl/N-ethyl adjacent to an activating group) is 1. The van der Waals surface area contributed by atoms with Crippen molar-refractivity contribution >= 4 is 6.47 Å². The van der Waals surface area contributed by atoms with Gasteiger partial charge < -0.3 is 9.47 Å². The van der Waals surface area contributed by atoms with Crippen molar-refractivity contribution in [3.05, 3.63) is 47.5 Å². The number of pyridine rings is 1. The van der Waals surface area contributed by atoms with Gasteiger partial charge in [0.2, 0.25) is 0 Å². The third-order valence-corrected chi connectivity index (χ3v) is 3.97. The summed E-state index contributed by atoms with van der Waals surface area (Å²) in [6.07, 6.45) is 1.34. The zero-order valence-corrected chi connectivity index (χ0v) is 15.3. The molecule has 1 atom stereocenters. The van der Waals surface area contributed by atoms with Gasteiger partial charge in [0.25, 0.3) is 6.47 Å². The summed E-state index contributed by atoms with van der Waals surface area (Å²) < 4.78 is 47.6. The summed E-state index contributed by atoms with van der Waals surface area (Å²) in [7, 11) is 1.88.